The minimum absolute atomic E-state index is 0.103. The summed E-state index contributed by atoms with van der Waals surface area (Å²) in [6.45, 7) is 1.33. The van der Waals surface area contributed by atoms with Crippen molar-refractivity contribution in [3.8, 4) is 0 Å². The van der Waals surface area contributed by atoms with E-state index in [1.54, 1.807) is 20.8 Å². The topological polar surface area (TPSA) is 160 Å². The lowest BCUT2D eigenvalue weighted by molar-refractivity contribution is -0.0274. The Morgan fingerprint density at radius 1 is 1.27 bits per heavy atom. The summed E-state index contributed by atoms with van der Waals surface area (Å²) < 4.78 is 29.4. The molecule has 1 aliphatic carbocycles. The molecular weight excluding hydrogens is 458 g/mol. The molecule has 11 nitrogen and oxygen atoms in total. The van der Waals surface area contributed by atoms with Gasteiger partial charge in [0.25, 0.3) is 5.56 Å². The van der Waals surface area contributed by atoms with Gasteiger partial charge in [-0.15, -0.1) is 0 Å². The highest BCUT2D eigenvalue weighted by Crippen LogP contribution is 2.54. The molecule has 4 N–H and O–H groups in total. The van der Waals surface area contributed by atoms with Crippen LogP contribution in [-0.2, 0) is 30.2 Å². The molecule has 0 spiro atoms. The van der Waals surface area contributed by atoms with Gasteiger partial charge in [-0.05, 0) is 51.3 Å². The molecule has 14 heteroatoms. The fraction of sp³-hybridized carbons (Fsp3) is 0.750. The number of hydrogen-bond acceptors (Lipinski definition) is 7. The van der Waals surface area contributed by atoms with Gasteiger partial charge in [-0.1, -0.05) is 0 Å². The summed E-state index contributed by atoms with van der Waals surface area (Å²) in [6, 6.07) is 0.461. The summed E-state index contributed by atoms with van der Waals surface area (Å²) in [5.41, 5.74) is -2.05. The molecule has 0 amide bonds. The van der Waals surface area contributed by atoms with Crippen LogP contribution < -0.4 is 11.2 Å². The van der Waals surface area contributed by atoms with Gasteiger partial charge in [0.05, 0.1) is 23.9 Å². The van der Waals surface area contributed by atoms with Crippen LogP contribution in [0.1, 0.15) is 39.7 Å². The number of ether oxygens (including phenoxy) is 1. The van der Waals surface area contributed by atoms with E-state index >= 15 is 0 Å². The smallest absolute Gasteiger partial charge is 0.328 e. The van der Waals surface area contributed by atoms with Crippen molar-refractivity contribution in [1.29, 1.82) is 0 Å². The maximum atomic E-state index is 12.4. The zero-order chi connectivity index (χ0) is 22.9. The van der Waals surface area contributed by atoms with Crippen molar-refractivity contribution in [2.24, 2.45) is 5.92 Å². The molecule has 0 aliphatic heterocycles. The number of methoxy groups -OCH3 is 1. The van der Waals surface area contributed by atoms with E-state index in [-0.39, 0.29) is 19.0 Å². The number of rotatable bonds is 8. The zero-order valence-electron chi connectivity index (χ0n) is 17.1. The molecule has 1 aliphatic rings. The third-order valence-corrected chi connectivity index (χ3v) is 7.24. The van der Waals surface area contributed by atoms with Gasteiger partial charge in [0, 0.05) is 19.4 Å². The van der Waals surface area contributed by atoms with Crippen molar-refractivity contribution in [2.75, 3.05) is 13.3 Å². The van der Waals surface area contributed by atoms with Crippen LogP contribution in [0, 0.1) is 5.92 Å². The maximum absolute atomic E-state index is 12.4. The predicted molar refractivity (Wildman–Crippen MR) is 113 cm³/mol. The molecule has 172 valence electrons. The van der Waals surface area contributed by atoms with Gasteiger partial charge in [-0.25, -0.2) is 4.79 Å². The van der Waals surface area contributed by atoms with E-state index in [1.165, 1.54) is 23.9 Å². The molecule has 30 heavy (non-hydrogen) atoms. The molecule has 1 heterocycles. The van der Waals surface area contributed by atoms with Gasteiger partial charge < -0.3 is 28.5 Å². The van der Waals surface area contributed by atoms with E-state index in [9.17, 15) is 28.8 Å². The molecule has 1 saturated carbocycles. The summed E-state index contributed by atoms with van der Waals surface area (Å²) in [5, 5.41) is 0. The van der Waals surface area contributed by atoms with Gasteiger partial charge in [0.1, 0.15) is 6.10 Å². The lowest BCUT2D eigenvalue weighted by Crippen LogP contribution is -2.39. The zero-order valence-corrected chi connectivity index (χ0v) is 19.7. The van der Waals surface area contributed by atoms with Crippen LogP contribution in [0.25, 0.3) is 0 Å². The molecule has 1 aromatic rings. The fourth-order valence-corrected chi connectivity index (χ4v) is 6.56. The average Bonchev–Trinajstić information content (AvgIpc) is 2.86. The Kier molecular flexibility index (Phi) is 8.05. The Bertz CT molecular complexity index is 951. The van der Waals surface area contributed by atoms with Crippen molar-refractivity contribution >= 4 is 26.1 Å². The molecule has 2 rings (SSSR count). The van der Waals surface area contributed by atoms with Crippen LogP contribution >= 0.6 is 14.3 Å². The van der Waals surface area contributed by atoms with Gasteiger partial charge in [-0.2, -0.15) is 0 Å². The number of aromatic amines is 1. The molecule has 0 aromatic carbocycles. The Morgan fingerprint density at radius 2 is 1.90 bits per heavy atom. The van der Waals surface area contributed by atoms with Crippen LogP contribution in [0.15, 0.2) is 21.9 Å². The van der Waals surface area contributed by atoms with E-state index in [0.717, 1.165) is 0 Å². The van der Waals surface area contributed by atoms with Gasteiger partial charge in [-0.3, -0.25) is 18.9 Å². The Hall–Kier alpha value is -0.680. The monoisotopic (exact) mass is 486 g/mol. The number of nitrogens with zero attached hydrogens (tertiary/aromatic N) is 1. The normalized spacial score (nSPS) is 27.2. The third-order valence-electron chi connectivity index (χ3n) is 4.63. The second kappa shape index (κ2) is 9.44. The first-order chi connectivity index (χ1) is 13.6. The van der Waals surface area contributed by atoms with Crippen molar-refractivity contribution in [2.45, 2.75) is 57.5 Å². The maximum Gasteiger partial charge on any atom is 0.328 e. The first-order valence-electron chi connectivity index (χ1n) is 9.23. The van der Waals surface area contributed by atoms with Gasteiger partial charge in [0.15, 0.2) is 0 Å². The van der Waals surface area contributed by atoms with E-state index in [1.807, 2.05) is 0 Å². The van der Waals surface area contributed by atoms with E-state index in [0.29, 0.717) is 0 Å². The molecule has 0 radical (unpaired) electrons. The minimum atomic E-state index is -4.25. The molecule has 0 saturated heterocycles. The summed E-state index contributed by atoms with van der Waals surface area (Å²) in [4.78, 5) is 55.1. The van der Waals surface area contributed by atoms with E-state index < -0.39 is 55.3 Å². The number of nitrogens with one attached hydrogen (secondary N) is 1. The minimum Gasteiger partial charge on any atom is -0.378 e. The number of aromatic nitrogens is 2. The van der Waals surface area contributed by atoms with Crippen LogP contribution in [0.5, 0.6) is 0 Å². The predicted octanol–water partition coefficient (Wildman–Crippen LogP) is 1.10. The summed E-state index contributed by atoms with van der Waals surface area (Å²) >= 11 is 5.14. The largest absolute Gasteiger partial charge is 0.378 e. The fourth-order valence-electron chi connectivity index (χ4n) is 3.62. The van der Waals surface area contributed by atoms with Crippen molar-refractivity contribution in [3.63, 3.8) is 0 Å². The molecule has 1 fully saturated rings. The summed E-state index contributed by atoms with van der Waals surface area (Å²) in [6.07, 6.45) is -0.391. The Balaban J connectivity index is 2.42. The summed E-state index contributed by atoms with van der Waals surface area (Å²) in [5.74, 6) is -0.402. The summed E-state index contributed by atoms with van der Waals surface area (Å²) in [7, 11) is -2.85. The number of H-pyrrole nitrogens is 1. The average molecular weight is 486 g/mol. The Labute approximate surface area is 178 Å². The quantitative estimate of drug-likeness (QED) is 0.392. The second-order valence-electron chi connectivity index (χ2n) is 8.20. The first kappa shape index (κ1) is 25.6. The van der Waals surface area contributed by atoms with Crippen LogP contribution in [0.3, 0.4) is 0 Å². The standard InChI is InChI=1S/C16H28N2O9P2S/c1-16(2,3)27-29(24,30)26-14-11(18-7-5-12(19)17-15(18)20)9-10(13(14)25-4)6-8-28(21,22)23/h5,7,10-11,13-14H,6,8-9H2,1-4H3,(H,24,30)(H,17,19,20)(H2,21,22,23)/t10-,11+,13+,14-,29?/m0/s1. The van der Waals surface area contributed by atoms with E-state index in [4.69, 9.17) is 25.6 Å². The molecule has 1 unspecified atom stereocenters. The third kappa shape index (κ3) is 7.19. The highest BCUT2D eigenvalue weighted by Gasteiger charge is 2.48. The highest BCUT2D eigenvalue weighted by molar-refractivity contribution is 8.07. The van der Waals surface area contributed by atoms with Crippen molar-refractivity contribution in [3.05, 3.63) is 33.1 Å². The lowest BCUT2D eigenvalue weighted by Gasteiger charge is -2.32. The second-order valence-corrected chi connectivity index (χ2v) is 12.7. The van der Waals surface area contributed by atoms with Crippen molar-refractivity contribution in [1.82, 2.24) is 9.55 Å². The van der Waals surface area contributed by atoms with Crippen molar-refractivity contribution < 1.29 is 33.0 Å². The molecule has 0 bridgehead atoms. The van der Waals surface area contributed by atoms with Crippen LogP contribution in [0.2, 0.25) is 0 Å². The van der Waals surface area contributed by atoms with Gasteiger partial charge in [0.2, 0.25) is 0 Å². The first-order valence-corrected chi connectivity index (χ1v) is 13.6. The Morgan fingerprint density at radius 3 is 2.40 bits per heavy atom. The van der Waals surface area contributed by atoms with Crippen LogP contribution in [0.4, 0.5) is 0 Å². The van der Waals surface area contributed by atoms with Gasteiger partial charge >= 0.3 is 20.0 Å². The van der Waals surface area contributed by atoms with Crippen LogP contribution in [-0.4, -0.2) is 55.3 Å². The molecule has 5 atom stereocenters. The molecular formula is C16H28N2O9P2S. The lowest BCUT2D eigenvalue weighted by atomic mass is 10.0. The SMILES string of the molecule is CO[C@@H]1[C@@H](CCP(=O)(O)O)C[C@@H](n2ccc(=O)[nH]c2=O)[C@@H]1OP(O)(=S)OC(C)(C)C. The number of hydrogen-bond donors (Lipinski definition) is 4. The van der Waals surface area contributed by atoms with E-state index in [2.05, 4.69) is 4.98 Å². The molecule has 1 aromatic heterocycles. The highest BCUT2D eigenvalue weighted by atomic mass is 32.5.